The van der Waals surface area contributed by atoms with Crippen LogP contribution in [0.3, 0.4) is 0 Å². The maximum absolute atomic E-state index is 13.6. The van der Waals surface area contributed by atoms with Crippen LogP contribution in [0.15, 0.2) is 54.7 Å². The zero-order valence-electron chi connectivity index (χ0n) is 20.8. The van der Waals surface area contributed by atoms with Crippen LogP contribution in [0.4, 0.5) is 4.39 Å². The van der Waals surface area contributed by atoms with E-state index in [9.17, 15) is 9.18 Å². The summed E-state index contributed by atoms with van der Waals surface area (Å²) in [6, 6.07) is 14.9. The average molecular weight is 554 g/mol. The molecule has 0 spiro atoms. The van der Waals surface area contributed by atoms with Crippen molar-refractivity contribution in [3.8, 4) is 5.69 Å². The second-order valence-corrected chi connectivity index (χ2v) is 11.8. The lowest BCUT2D eigenvalue weighted by atomic mass is 9.98. The fourth-order valence-corrected chi connectivity index (χ4v) is 6.85. The number of carbonyl (C=O) groups is 1. The molecule has 1 unspecified atom stereocenters. The molecule has 2 saturated heterocycles. The molecule has 3 heterocycles. The summed E-state index contributed by atoms with van der Waals surface area (Å²) in [6.45, 7) is 9.45. The van der Waals surface area contributed by atoms with Gasteiger partial charge in [-0.3, -0.25) is 4.79 Å². The number of carbonyl (C=O) groups excluding carboxylic acids is 1. The standard InChI is InChI=1S/C27H33FN4OS.2ClH/c1-26(2)25(33)30-27(34-26,13-5-6-16-31-17-14-29-15-18-31)23-19-32(21-11-9-20(28)10-12-21)24-8-4-3-7-22(23)24;;/h3-4,7-12,19,29H,5-6,13-18H2,1-2H3,(H,30,33);2*1H. The van der Waals surface area contributed by atoms with E-state index >= 15 is 0 Å². The minimum absolute atomic E-state index is 0. The van der Waals surface area contributed by atoms with Crippen molar-refractivity contribution in [2.75, 3.05) is 32.7 Å². The van der Waals surface area contributed by atoms with Gasteiger partial charge in [0.15, 0.2) is 0 Å². The molecule has 0 saturated carbocycles. The van der Waals surface area contributed by atoms with Crippen LogP contribution in [0.5, 0.6) is 0 Å². The number of piperazine rings is 1. The van der Waals surface area contributed by atoms with Crippen LogP contribution in [0.2, 0.25) is 0 Å². The van der Waals surface area contributed by atoms with Crippen molar-refractivity contribution in [3.63, 3.8) is 0 Å². The Balaban J connectivity index is 0.00000180. The van der Waals surface area contributed by atoms with Crippen LogP contribution in [-0.4, -0.2) is 52.8 Å². The van der Waals surface area contributed by atoms with Crippen LogP contribution in [0, 0.1) is 5.82 Å². The zero-order chi connectivity index (χ0) is 23.8. The molecule has 196 valence electrons. The molecule has 9 heteroatoms. The van der Waals surface area contributed by atoms with Crippen molar-refractivity contribution < 1.29 is 9.18 Å². The van der Waals surface area contributed by atoms with Crippen molar-refractivity contribution in [2.45, 2.75) is 42.7 Å². The van der Waals surface area contributed by atoms with Gasteiger partial charge < -0.3 is 20.1 Å². The number of fused-ring (bicyclic) bond motifs is 1. The van der Waals surface area contributed by atoms with Gasteiger partial charge in [-0.2, -0.15) is 0 Å². The van der Waals surface area contributed by atoms with Crippen LogP contribution in [-0.2, 0) is 9.67 Å². The maximum Gasteiger partial charge on any atom is 0.237 e. The van der Waals surface area contributed by atoms with Gasteiger partial charge in [0.05, 0.1) is 10.3 Å². The monoisotopic (exact) mass is 552 g/mol. The fraction of sp³-hybridized carbons (Fsp3) is 0.444. The SMILES string of the molecule is CC1(C)SC(CCCCN2CCNCC2)(c2cn(-c3ccc(F)cc3)c3ccccc23)NC1=O.Cl.Cl. The predicted octanol–water partition coefficient (Wildman–Crippen LogP) is 5.48. The summed E-state index contributed by atoms with van der Waals surface area (Å²) in [5.41, 5.74) is 3.09. The summed E-state index contributed by atoms with van der Waals surface area (Å²) in [7, 11) is 0. The number of para-hydroxylation sites is 1. The van der Waals surface area contributed by atoms with E-state index in [0.717, 1.165) is 74.1 Å². The molecular weight excluding hydrogens is 518 g/mol. The molecule has 5 nitrogen and oxygen atoms in total. The average Bonchev–Trinajstić information content (AvgIpc) is 3.33. The van der Waals surface area contributed by atoms with Gasteiger partial charge in [-0.15, -0.1) is 36.6 Å². The molecular formula is C27H35Cl2FN4OS. The number of thioether (sulfide) groups is 1. The largest absolute Gasteiger partial charge is 0.336 e. The van der Waals surface area contributed by atoms with Crippen molar-refractivity contribution in [3.05, 3.63) is 66.1 Å². The first-order valence-electron chi connectivity index (χ1n) is 12.2. The molecule has 1 atom stereocenters. The molecule has 3 aromatic rings. The third kappa shape index (κ3) is 5.70. The third-order valence-electron chi connectivity index (χ3n) is 7.01. The molecule has 2 fully saturated rings. The lowest BCUT2D eigenvalue weighted by molar-refractivity contribution is -0.122. The Hall–Kier alpha value is -1.77. The summed E-state index contributed by atoms with van der Waals surface area (Å²) in [4.78, 5) is 15.1. The zero-order valence-corrected chi connectivity index (χ0v) is 23.2. The summed E-state index contributed by atoms with van der Waals surface area (Å²) in [6.07, 6.45) is 5.15. The first kappa shape index (κ1) is 28.8. The van der Waals surface area contributed by atoms with Crippen LogP contribution >= 0.6 is 36.6 Å². The van der Waals surface area contributed by atoms with Crippen molar-refractivity contribution >= 4 is 53.4 Å². The lowest BCUT2D eigenvalue weighted by Crippen LogP contribution is -2.43. The van der Waals surface area contributed by atoms with Gasteiger partial charge in [0.2, 0.25) is 5.91 Å². The van der Waals surface area contributed by atoms with E-state index in [-0.39, 0.29) is 36.5 Å². The van der Waals surface area contributed by atoms with E-state index in [0.29, 0.717) is 0 Å². The minimum atomic E-state index is -0.502. The number of amides is 1. The first-order valence-corrected chi connectivity index (χ1v) is 13.0. The highest BCUT2D eigenvalue weighted by Crippen LogP contribution is 2.52. The molecule has 0 bridgehead atoms. The normalized spacial score (nSPS) is 21.6. The first-order chi connectivity index (χ1) is 16.4. The molecule has 2 aliphatic rings. The summed E-state index contributed by atoms with van der Waals surface area (Å²) >= 11 is 1.73. The van der Waals surface area contributed by atoms with E-state index in [1.807, 2.05) is 26.0 Å². The summed E-state index contributed by atoms with van der Waals surface area (Å²) < 4.78 is 15.2. The highest BCUT2D eigenvalue weighted by atomic mass is 35.5. The number of rotatable bonds is 7. The fourth-order valence-electron chi connectivity index (χ4n) is 5.17. The smallest absolute Gasteiger partial charge is 0.237 e. The Morgan fingerprint density at radius 3 is 2.36 bits per heavy atom. The Kier molecular flexibility index (Phi) is 9.39. The second kappa shape index (κ2) is 11.7. The quantitative estimate of drug-likeness (QED) is 0.381. The number of nitrogens with zero attached hydrogens (tertiary/aromatic N) is 2. The van der Waals surface area contributed by atoms with Gasteiger partial charge >= 0.3 is 0 Å². The van der Waals surface area contributed by atoms with E-state index in [4.69, 9.17) is 0 Å². The number of benzene rings is 2. The van der Waals surface area contributed by atoms with Gasteiger partial charge in [0.1, 0.15) is 10.7 Å². The van der Waals surface area contributed by atoms with E-state index in [2.05, 4.69) is 38.4 Å². The number of hydrogen-bond acceptors (Lipinski definition) is 4. The lowest BCUT2D eigenvalue weighted by Gasteiger charge is -2.31. The molecule has 1 aromatic heterocycles. The van der Waals surface area contributed by atoms with Gasteiger partial charge in [-0.25, -0.2) is 4.39 Å². The number of halogens is 3. The molecule has 2 N–H and O–H groups in total. The molecule has 1 amide bonds. The van der Waals surface area contributed by atoms with Gasteiger partial charge in [0.25, 0.3) is 0 Å². The number of aromatic nitrogens is 1. The van der Waals surface area contributed by atoms with E-state index in [1.54, 1.807) is 23.9 Å². The molecule has 2 aliphatic heterocycles. The highest BCUT2D eigenvalue weighted by Gasteiger charge is 2.51. The van der Waals surface area contributed by atoms with Crippen molar-refractivity contribution in [1.82, 2.24) is 20.1 Å². The summed E-state index contributed by atoms with van der Waals surface area (Å²) in [5, 5.41) is 7.94. The minimum Gasteiger partial charge on any atom is -0.336 e. The van der Waals surface area contributed by atoms with Gasteiger partial charge in [-0.1, -0.05) is 18.2 Å². The second-order valence-electron chi connectivity index (χ2n) is 9.85. The number of unbranched alkanes of at least 4 members (excludes halogenated alkanes) is 1. The maximum atomic E-state index is 13.6. The van der Waals surface area contributed by atoms with Gasteiger partial charge in [-0.05, 0) is 70.0 Å². The van der Waals surface area contributed by atoms with Crippen molar-refractivity contribution in [1.29, 1.82) is 0 Å². The third-order valence-corrected chi connectivity index (χ3v) is 8.58. The summed E-state index contributed by atoms with van der Waals surface area (Å²) in [5.74, 6) is -0.167. The van der Waals surface area contributed by atoms with Crippen LogP contribution in [0.1, 0.15) is 38.7 Å². The Morgan fingerprint density at radius 2 is 1.69 bits per heavy atom. The Bertz CT molecular complexity index is 1180. The van der Waals surface area contributed by atoms with E-state index in [1.165, 1.54) is 12.1 Å². The molecule has 2 aromatic carbocycles. The molecule has 0 radical (unpaired) electrons. The van der Waals surface area contributed by atoms with Gasteiger partial charge in [0, 0.05) is 49.0 Å². The molecule has 0 aliphatic carbocycles. The topological polar surface area (TPSA) is 49.3 Å². The number of hydrogen-bond donors (Lipinski definition) is 2. The van der Waals surface area contributed by atoms with Crippen LogP contribution < -0.4 is 10.6 Å². The Labute approximate surface area is 229 Å². The van der Waals surface area contributed by atoms with E-state index < -0.39 is 9.62 Å². The highest BCUT2D eigenvalue weighted by molar-refractivity contribution is 8.02. The molecule has 36 heavy (non-hydrogen) atoms. The van der Waals surface area contributed by atoms with Crippen molar-refractivity contribution in [2.24, 2.45) is 0 Å². The number of nitrogens with one attached hydrogen (secondary N) is 2. The van der Waals surface area contributed by atoms with Crippen LogP contribution in [0.25, 0.3) is 16.6 Å². The predicted molar refractivity (Wildman–Crippen MR) is 152 cm³/mol. The Morgan fingerprint density at radius 1 is 1.00 bits per heavy atom. The molecule has 5 rings (SSSR count).